The van der Waals surface area contributed by atoms with E-state index in [1.165, 1.54) is 16.9 Å². The molecular weight excluding hydrogens is 270 g/mol. The van der Waals surface area contributed by atoms with Gasteiger partial charge in [-0.25, -0.2) is 0 Å². The summed E-state index contributed by atoms with van der Waals surface area (Å²) < 4.78 is 0. The Morgan fingerprint density at radius 2 is 1.90 bits per heavy atom. The second-order valence-corrected chi connectivity index (χ2v) is 7.02. The quantitative estimate of drug-likeness (QED) is 0.618. The van der Waals surface area contributed by atoms with Gasteiger partial charge < -0.3 is 4.90 Å². The molecule has 3 rings (SSSR count). The first-order valence-electron chi connectivity index (χ1n) is 7.10. The Bertz CT molecular complexity index is 587. The van der Waals surface area contributed by atoms with Gasteiger partial charge in [-0.2, -0.15) is 0 Å². The molecule has 1 fully saturated rings. The first kappa shape index (κ1) is 13.6. The van der Waals surface area contributed by atoms with Gasteiger partial charge in [-0.3, -0.25) is 9.59 Å². The maximum Gasteiger partial charge on any atom is 0.263 e. The van der Waals surface area contributed by atoms with Gasteiger partial charge in [0.25, 0.3) is 5.91 Å². The largest absolute Gasteiger partial charge is 0.337 e. The van der Waals surface area contributed by atoms with Crippen molar-refractivity contribution < 1.29 is 9.59 Å². The lowest BCUT2D eigenvalue weighted by molar-refractivity contribution is 0.0788. The standard InChI is InChI=1S/C16H19NO2S/c1-10-3-4-12-8-17(9-13(12)7-10)16(19)15-6-5-14(20-15)11(2)18/h3,5-6,12-13H,4,7-9H2,1-2H3. The number of hydrogen-bond acceptors (Lipinski definition) is 3. The molecule has 0 spiro atoms. The van der Waals surface area contributed by atoms with E-state index in [1.807, 2.05) is 4.90 Å². The van der Waals surface area contributed by atoms with E-state index in [1.54, 1.807) is 19.1 Å². The highest BCUT2D eigenvalue weighted by molar-refractivity contribution is 7.15. The molecule has 0 radical (unpaired) electrons. The molecule has 1 amide bonds. The van der Waals surface area contributed by atoms with Crippen LogP contribution in [0.5, 0.6) is 0 Å². The van der Waals surface area contributed by atoms with E-state index in [9.17, 15) is 9.59 Å². The number of hydrogen-bond donors (Lipinski definition) is 0. The van der Waals surface area contributed by atoms with Crippen molar-refractivity contribution in [2.45, 2.75) is 26.7 Å². The zero-order valence-corrected chi connectivity index (χ0v) is 12.7. The Morgan fingerprint density at radius 1 is 1.20 bits per heavy atom. The average molecular weight is 289 g/mol. The van der Waals surface area contributed by atoms with Gasteiger partial charge in [0.05, 0.1) is 9.75 Å². The van der Waals surface area contributed by atoms with Crippen LogP contribution in [0.2, 0.25) is 0 Å². The maximum absolute atomic E-state index is 12.5. The van der Waals surface area contributed by atoms with Crippen molar-refractivity contribution in [3.05, 3.63) is 33.5 Å². The predicted octanol–water partition coefficient (Wildman–Crippen LogP) is 3.38. The number of amides is 1. The Labute approximate surface area is 123 Å². The average Bonchev–Trinajstić information content (AvgIpc) is 3.03. The predicted molar refractivity (Wildman–Crippen MR) is 80.2 cm³/mol. The third-order valence-electron chi connectivity index (χ3n) is 4.38. The van der Waals surface area contributed by atoms with Crippen LogP contribution in [0.15, 0.2) is 23.8 Å². The van der Waals surface area contributed by atoms with Crippen LogP contribution in [0.4, 0.5) is 0 Å². The Hall–Kier alpha value is -1.42. The molecule has 2 atom stereocenters. The van der Waals surface area contributed by atoms with E-state index in [0.717, 1.165) is 25.9 Å². The van der Waals surface area contributed by atoms with E-state index in [4.69, 9.17) is 0 Å². The van der Waals surface area contributed by atoms with E-state index in [2.05, 4.69) is 13.0 Å². The summed E-state index contributed by atoms with van der Waals surface area (Å²) in [5.74, 6) is 1.37. The highest BCUT2D eigenvalue weighted by Gasteiger charge is 2.36. The summed E-state index contributed by atoms with van der Waals surface area (Å²) in [6.07, 6.45) is 4.54. The normalized spacial score (nSPS) is 25.3. The van der Waals surface area contributed by atoms with Gasteiger partial charge in [-0.05, 0) is 50.7 Å². The summed E-state index contributed by atoms with van der Waals surface area (Å²) in [5.41, 5.74) is 1.45. The van der Waals surface area contributed by atoms with Gasteiger partial charge in [0.1, 0.15) is 0 Å². The minimum absolute atomic E-state index is 0.0315. The smallest absolute Gasteiger partial charge is 0.263 e. The molecule has 0 bridgehead atoms. The minimum atomic E-state index is 0.0315. The number of ketones is 1. The first-order chi connectivity index (χ1) is 9.54. The second kappa shape index (κ2) is 5.17. The summed E-state index contributed by atoms with van der Waals surface area (Å²) in [5, 5.41) is 0. The maximum atomic E-state index is 12.5. The van der Waals surface area contributed by atoms with E-state index in [-0.39, 0.29) is 11.7 Å². The lowest BCUT2D eigenvalue weighted by Gasteiger charge is -2.21. The Kier molecular flexibility index (Phi) is 3.50. The Balaban J connectivity index is 1.71. The van der Waals surface area contributed by atoms with E-state index >= 15 is 0 Å². The van der Waals surface area contributed by atoms with Gasteiger partial charge >= 0.3 is 0 Å². The van der Waals surface area contributed by atoms with Crippen molar-refractivity contribution in [1.29, 1.82) is 0 Å². The summed E-state index contributed by atoms with van der Waals surface area (Å²) >= 11 is 1.32. The van der Waals surface area contributed by atoms with E-state index in [0.29, 0.717) is 21.6 Å². The molecule has 2 unspecified atom stereocenters. The van der Waals surface area contributed by atoms with Crippen LogP contribution in [0, 0.1) is 11.8 Å². The van der Waals surface area contributed by atoms with Crippen molar-refractivity contribution >= 4 is 23.0 Å². The first-order valence-corrected chi connectivity index (χ1v) is 7.92. The van der Waals surface area contributed by atoms with Crippen LogP contribution in [0.1, 0.15) is 46.0 Å². The molecule has 3 nitrogen and oxygen atoms in total. The molecular formula is C16H19NO2S. The molecule has 0 N–H and O–H groups in total. The number of Topliss-reactive ketones (excluding diaryl/α,β-unsaturated/α-hetero) is 1. The molecule has 0 saturated carbocycles. The highest BCUT2D eigenvalue weighted by Crippen LogP contribution is 2.36. The minimum Gasteiger partial charge on any atom is -0.337 e. The Morgan fingerprint density at radius 3 is 2.60 bits per heavy atom. The third kappa shape index (κ3) is 2.44. The number of likely N-dealkylation sites (tertiary alicyclic amines) is 1. The van der Waals surface area contributed by atoms with Crippen molar-refractivity contribution in [3.8, 4) is 0 Å². The molecule has 1 aliphatic carbocycles. The van der Waals surface area contributed by atoms with Gasteiger partial charge in [-0.1, -0.05) is 11.6 Å². The number of thiophene rings is 1. The summed E-state index contributed by atoms with van der Waals surface area (Å²) in [4.78, 5) is 27.2. The van der Waals surface area contributed by atoms with Crippen LogP contribution < -0.4 is 0 Å². The molecule has 1 aromatic rings. The van der Waals surface area contributed by atoms with Crippen LogP contribution in [-0.2, 0) is 0 Å². The van der Waals surface area contributed by atoms with Gasteiger partial charge in [0.2, 0.25) is 0 Å². The highest BCUT2D eigenvalue weighted by atomic mass is 32.1. The number of fused-ring (bicyclic) bond motifs is 1. The van der Waals surface area contributed by atoms with Crippen molar-refractivity contribution in [1.82, 2.24) is 4.90 Å². The summed E-state index contributed by atoms with van der Waals surface area (Å²) in [7, 11) is 0. The lowest BCUT2D eigenvalue weighted by atomic mass is 9.83. The van der Waals surface area contributed by atoms with Gasteiger partial charge in [0, 0.05) is 13.1 Å². The number of carbonyl (C=O) groups excluding carboxylic acids is 2. The fourth-order valence-electron chi connectivity index (χ4n) is 3.25. The molecule has 2 aliphatic rings. The van der Waals surface area contributed by atoms with Crippen LogP contribution in [-0.4, -0.2) is 29.7 Å². The summed E-state index contributed by atoms with van der Waals surface area (Å²) in [6.45, 7) is 5.45. The molecule has 0 aromatic carbocycles. The lowest BCUT2D eigenvalue weighted by Crippen LogP contribution is -2.28. The topological polar surface area (TPSA) is 37.4 Å². The molecule has 2 heterocycles. The summed E-state index contributed by atoms with van der Waals surface area (Å²) in [6, 6.07) is 3.55. The van der Waals surface area contributed by atoms with Crippen molar-refractivity contribution in [2.24, 2.45) is 11.8 Å². The van der Waals surface area contributed by atoms with Crippen LogP contribution in [0.25, 0.3) is 0 Å². The fraction of sp³-hybridized carbons (Fsp3) is 0.500. The molecule has 1 aromatic heterocycles. The molecule has 20 heavy (non-hydrogen) atoms. The van der Waals surface area contributed by atoms with Gasteiger partial charge in [0.15, 0.2) is 5.78 Å². The van der Waals surface area contributed by atoms with Crippen molar-refractivity contribution in [3.63, 3.8) is 0 Å². The monoisotopic (exact) mass is 289 g/mol. The van der Waals surface area contributed by atoms with Crippen molar-refractivity contribution in [2.75, 3.05) is 13.1 Å². The SMILES string of the molecule is CC(=O)c1ccc(C(=O)N2CC3CC=C(C)CC3C2)s1. The van der Waals surface area contributed by atoms with Crippen LogP contribution in [0.3, 0.4) is 0 Å². The third-order valence-corrected chi connectivity index (χ3v) is 5.55. The number of allylic oxidation sites excluding steroid dienone is 2. The zero-order chi connectivity index (χ0) is 14.3. The molecule has 106 valence electrons. The molecule has 1 aliphatic heterocycles. The molecule has 4 heteroatoms. The van der Waals surface area contributed by atoms with Crippen LogP contribution >= 0.6 is 11.3 Å². The number of rotatable bonds is 2. The molecule has 1 saturated heterocycles. The van der Waals surface area contributed by atoms with E-state index < -0.39 is 0 Å². The van der Waals surface area contributed by atoms with Gasteiger partial charge in [-0.15, -0.1) is 11.3 Å². The fourth-order valence-corrected chi connectivity index (χ4v) is 4.12. The number of carbonyl (C=O) groups is 2. The second-order valence-electron chi connectivity index (χ2n) is 5.94. The zero-order valence-electron chi connectivity index (χ0n) is 11.9. The number of nitrogens with zero attached hydrogens (tertiary/aromatic N) is 1.